The summed E-state index contributed by atoms with van der Waals surface area (Å²) in [4.78, 5) is 30.1. The zero-order chi connectivity index (χ0) is 17.7. The third-order valence-corrected chi connectivity index (χ3v) is 4.13. The van der Waals surface area contributed by atoms with Crippen molar-refractivity contribution in [3.8, 4) is 0 Å². The second-order valence-corrected chi connectivity index (χ2v) is 7.80. The number of nitrogens with one attached hydrogen (secondary N) is 1. The topological polar surface area (TPSA) is 82.5 Å². The van der Waals surface area contributed by atoms with E-state index in [0.29, 0.717) is 26.1 Å². The first-order valence-corrected chi connectivity index (χ1v) is 8.36. The minimum Gasteiger partial charge on any atom is -0.481 e. The zero-order valence-electron chi connectivity index (χ0n) is 14.7. The van der Waals surface area contributed by atoms with E-state index in [-0.39, 0.29) is 17.2 Å². The molecule has 0 radical (unpaired) electrons. The molecule has 1 fully saturated rings. The summed E-state index contributed by atoms with van der Waals surface area (Å²) < 4.78 is 0. The highest BCUT2D eigenvalue weighted by Gasteiger charge is 2.36. The number of aliphatic carboxylic acids is 1. The maximum atomic E-state index is 12.5. The van der Waals surface area contributed by atoms with Gasteiger partial charge in [-0.25, -0.2) is 0 Å². The van der Waals surface area contributed by atoms with Crippen LogP contribution in [0.1, 0.15) is 32.8 Å². The molecule has 24 heavy (non-hydrogen) atoms. The lowest BCUT2D eigenvalue weighted by Crippen LogP contribution is -2.50. The number of hydrogen-bond acceptors (Lipinski definition) is 4. The summed E-state index contributed by atoms with van der Waals surface area (Å²) in [5.74, 6) is -1.68. The van der Waals surface area contributed by atoms with Crippen LogP contribution in [0, 0.1) is 17.3 Å². The fourth-order valence-corrected chi connectivity index (χ4v) is 3.20. The van der Waals surface area contributed by atoms with Gasteiger partial charge >= 0.3 is 5.97 Å². The SMILES string of the molecule is CC(C)(C)CN1C[C@@H](C(=O)O)C[C@@H](C(=O)NCc2cccnc2)C1. The van der Waals surface area contributed by atoms with Crippen molar-refractivity contribution in [2.24, 2.45) is 17.3 Å². The predicted molar refractivity (Wildman–Crippen MR) is 91.2 cm³/mol. The largest absolute Gasteiger partial charge is 0.481 e. The van der Waals surface area contributed by atoms with Gasteiger partial charge in [0.15, 0.2) is 0 Å². The summed E-state index contributed by atoms with van der Waals surface area (Å²) in [5, 5.41) is 12.3. The van der Waals surface area contributed by atoms with Gasteiger partial charge in [-0.05, 0) is 23.5 Å². The van der Waals surface area contributed by atoms with Gasteiger partial charge in [0.2, 0.25) is 5.91 Å². The number of nitrogens with zero attached hydrogens (tertiary/aromatic N) is 2. The number of pyridine rings is 1. The van der Waals surface area contributed by atoms with Crippen LogP contribution in [0.3, 0.4) is 0 Å². The van der Waals surface area contributed by atoms with Gasteiger partial charge in [-0.15, -0.1) is 0 Å². The number of carboxylic acids is 1. The minimum absolute atomic E-state index is 0.0666. The van der Waals surface area contributed by atoms with Crippen molar-refractivity contribution in [3.05, 3.63) is 30.1 Å². The quantitative estimate of drug-likeness (QED) is 0.858. The molecular weight excluding hydrogens is 306 g/mol. The molecular formula is C18H27N3O3. The van der Waals surface area contributed by atoms with E-state index in [1.807, 2.05) is 12.1 Å². The molecule has 132 valence electrons. The first kappa shape index (κ1) is 18.4. The average Bonchev–Trinajstić information content (AvgIpc) is 2.51. The molecule has 1 aliphatic heterocycles. The van der Waals surface area contributed by atoms with Gasteiger partial charge < -0.3 is 15.3 Å². The maximum absolute atomic E-state index is 12.5. The van der Waals surface area contributed by atoms with Crippen LogP contribution in [-0.4, -0.2) is 46.5 Å². The van der Waals surface area contributed by atoms with E-state index in [1.165, 1.54) is 0 Å². The molecule has 0 unspecified atom stereocenters. The molecule has 0 spiro atoms. The van der Waals surface area contributed by atoms with Crippen LogP contribution in [0.2, 0.25) is 0 Å². The van der Waals surface area contributed by atoms with Crippen LogP contribution in [0.4, 0.5) is 0 Å². The molecule has 0 aliphatic carbocycles. The van der Waals surface area contributed by atoms with Gasteiger partial charge in [0, 0.05) is 38.6 Å². The normalized spacial score (nSPS) is 22.1. The Labute approximate surface area is 143 Å². The number of rotatable bonds is 5. The fraction of sp³-hybridized carbons (Fsp3) is 0.611. The Bertz CT molecular complexity index is 569. The van der Waals surface area contributed by atoms with Crippen molar-refractivity contribution < 1.29 is 14.7 Å². The van der Waals surface area contributed by atoms with Crippen molar-refractivity contribution in [3.63, 3.8) is 0 Å². The van der Waals surface area contributed by atoms with Crippen molar-refractivity contribution >= 4 is 11.9 Å². The number of aromatic nitrogens is 1. The smallest absolute Gasteiger partial charge is 0.307 e. The summed E-state index contributed by atoms with van der Waals surface area (Å²) >= 11 is 0. The monoisotopic (exact) mass is 333 g/mol. The van der Waals surface area contributed by atoms with E-state index < -0.39 is 11.9 Å². The molecule has 1 saturated heterocycles. The summed E-state index contributed by atoms with van der Waals surface area (Å²) in [6, 6.07) is 3.73. The van der Waals surface area contributed by atoms with Gasteiger partial charge in [-0.1, -0.05) is 26.8 Å². The van der Waals surface area contributed by atoms with E-state index in [4.69, 9.17) is 0 Å². The lowest BCUT2D eigenvalue weighted by Gasteiger charge is -2.38. The second kappa shape index (κ2) is 7.75. The number of piperidine rings is 1. The Morgan fingerprint density at radius 1 is 1.33 bits per heavy atom. The molecule has 2 rings (SSSR count). The summed E-state index contributed by atoms with van der Waals surface area (Å²) in [6.07, 6.45) is 3.80. The molecule has 1 amide bonds. The van der Waals surface area contributed by atoms with Crippen LogP contribution in [0.5, 0.6) is 0 Å². The second-order valence-electron chi connectivity index (χ2n) is 7.80. The van der Waals surface area contributed by atoms with Crippen molar-refractivity contribution in [2.45, 2.75) is 33.7 Å². The van der Waals surface area contributed by atoms with Gasteiger partial charge in [0.1, 0.15) is 0 Å². The van der Waals surface area contributed by atoms with Crippen LogP contribution in [0.25, 0.3) is 0 Å². The number of carbonyl (C=O) groups excluding carboxylic acids is 1. The van der Waals surface area contributed by atoms with Crippen LogP contribution in [0.15, 0.2) is 24.5 Å². The van der Waals surface area contributed by atoms with E-state index in [0.717, 1.165) is 12.1 Å². The minimum atomic E-state index is -0.821. The lowest BCUT2D eigenvalue weighted by molar-refractivity contribution is -0.145. The van der Waals surface area contributed by atoms with Gasteiger partial charge in [0.05, 0.1) is 11.8 Å². The molecule has 2 atom stereocenters. The fourth-order valence-electron chi connectivity index (χ4n) is 3.20. The van der Waals surface area contributed by atoms with E-state index in [1.54, 1.807) is 12.4 Å². The first-order valence-electron chi connectivity index (χ1n) is 8.36. The molecule has 1 aromatic heterocycles. The zero-order valence-corrected chi connectivity index (χ0v) is 14.7. The van der Waals surface area contributed by atoms with E-state index in [9.17, 15) is 14.7 Å². The van der Waals surface area contributed by atoms with E-state index in [2.05, 4.69) is 36.0 Å². The van der Waals surface area contributed by atoms with Crippen molar-refractivity contribution in [1.29, 1.82) is 0 Å². The number of likely N-dealkylation sites (tertiary alicyclic amines) is 1. The van der Waals surface area contributed by atoms with Gasteiger partial charge in [-0.3, -0.25) is 14.6 Å². The Hall–Kier alpha value is -1.95. The average molecular weight is 333 g/mol. The van der Waals surface area contributed by atoms with Crippen LogP contribution in [-0.2, 0) is 16.1 Å². The Morgan fingerprint density at radius 2 is 2.04 bits per heavy atom. The molecule has 6 nitrogen and oxygen atoms in total. The highest BCUT2D eigenvalue weighted by Crippen LogP contribution is 2.26. The molecule has 2 N–H and O–H groups in total. The number of carbonyl (C=O) groups is 2. The molecule has 2 heterocycles. The summed E-state index contributed by atoms with van der Waals surface area (Å²) in [6.45, 7) is 8.68. The highest BCUT2D eigenvalue weighted by atomic mass is 16.4. The Balaban J connectivity index is 1.98. The van der Waals surface area contributed by atoms with Crippen molar-refractivity contribution in [2.75, 3.05) is 19.6 Å². The van der Waals surface area contributed by atoms with Crippen molar-refractivity contribution in [1.82, 2.24) is 15.2 Å². The Morgan fingerprint density at radius 3 is 2.62 bits per heavy atom. The van der Waals surface area contributed by atoms with Gasteiger partial charge in [0.25, 0.3) is 0 Å². The predicted octanol–water partition coefficient (Wildman–Crippen LogP) is 1.77. The number of carboxylic acid groups (broad SMARTS) is 1. The summed E-state index contributed by atoms with van der Waals surface area (Å²) in [7, 11) is 0. The highest BCUT2D eigenvalue weighted by molar-refractivity contribution is 5.80. The lowest BCUT2D eigenvalue weighted by atomic mass is 9.86. The number of amides is 1. The third kappa shape index (κ3) is 5.60. The third-order valence-electron chi connectivity index (χ3n) is 4.13. The molecule has 0 bridgehead atoms. The molecule has 1 aliphatic rings. The Kier molecular flexibility index (Phi) is 5.94. The van der Waals surface area contributed by atoms with Crippen LogP contribution < -0.4 is 5.32 Å². The first-order chi connectivity index (χ1) is 11.2. The summed E-state index contributed by atoms with van der Waals surface area (Å²) in [5.41, 5.74) is 1.000. The molecule has 0 aromatic carbocycles. The van der Waals surface area contributed by atoms with Gasteiger partial charge in [-0.2, -0.15) is 0 Å². The maximum Gasteiger partial charge on any atom is 0.307 e. The van der Waals surface area contributed by atoms with E-state index >= 15 is 0 Å². The molecule has 0 saturated carbocycles. The number of hydrogen-bond donors (Lipinski definition) is 2. The molecule has 1 aromatic rings. The standard InChI is InChI=1S/C18H27N3O3/c1-18(2,3)12-21-10-14(7-15(11-21)17(23)24)16(22)20-9-13-5-4-6-19-8-13/h4-6,8,14-15H,7,9-12H2,1-3H3,(H,20,22)(H,23,24)/t14-,15+/m1/s1. The van der Waals surface area contributed by atoms with Crippen LogP contribution >= 0.6 is 0 Å². The molecule has 6 heteroatoms.